The number of carbonyl (C=O) groups is 1. The zero-order chi connectivity index (χ0) is 20.9. The summed E-state index contributed by atoms with van der Waals surface area (Å²) in [5.41, 5.74) is 3.25. The van der Waals surface area contributed by atoms with Gasteiger partial charge in [-0.3, -0.25) is 4.79 Å². The van der Waals surface area contributed by atoms with E-state index < -0.39 is 0 Å². The van der Waals surface area contributed by atoms with Crippen molar-refractivity contribution >= 4 is 22.7 Å². The predicted octanol–water partition coefficient (Wildman–Crippen LogP) is 5.54. The van der Waals surface area contributed by atoms with Gasteiger partial charge in [-0.2, -0.15) is 0 Å². The van der Waals surface area contributed by atoms with Crippen LogP contribution in [0.4, 0.5) is 5.69 Å². The number of ether oxygens (including phenoxy) is 2. The third kappa shape index (κ3) is 4.12. The Bertz CT molecular complexity index is 1150. The van der Waals surface area contributed by atoms with Crippen LogP contribution in [0.2, 0.25) is 0 Å². The van der Waals surface area contributed by atoms with Gasteiger partial charge in [0, 0.05) is 11.1 Å². The monoisotopic (exact) mass is 402 g/mol. The minimum Gasteiger partial charge on any atom is -0.495 e. The number of methoxy groups -OCH3 is 1. The number of hydrogen-bond acceptors (Lipinski definition) is 5. The summed E-state index contributed by atoms with van der Waals surface area (Å²) in [6, 6.07) is 20.1. The molecule has 0 aliphatic carbocycles. The molecule has 152 valence electrons. The molecule has 3 aromatic carbocycles. The lowest BCUT2D eigenvalue weighted by Gasteiger charge is -2.12. The quantitative estimate of drug-likeness (QED) is 0.439. The Morgan fingerprint density at radius 2 is 1.93 bits per heavy atom. The predicted molar refractivity (Wildman–Crippen MR) is 116 cm³/mol. The molecule has 0 aliphatic heterocycles. The van der Waals surface area contributed by atoms with Crippen LogP contribution in [-0.4, -0.2) is 24.6 Å². The summed E-state index contributed by atoms with van der Waals surface area (Å²) in [7, 11) is 1.56. The van der Waals surface area contributed by atoms with Crippen molar-refractivity contribution in [3.05, 3.63) is 72.3 Å². The van der Waals surface area contributed by atoms with Gasteiger partial charge >= 0.3 is 0 Å². The first-order valence-electron chi connectivity index (χ1n) is 9.76. The van der Waals surface area contributed by atoms with Crippen LogP contribution in [0.5, 0.6) is 11.5 Å². The lowest BCUT2D eigenvalue weighted by Crippen LogP contribution is -2.13. The second-order valence-corrected chi connectivity index (χ2v) is 6.73. The molecule has 6 nitrogen and oxygen atoms in total. The van der Waals surface area contributed by atoms with Gasteiger partial charge in [-0.1, -0.05) is 25.1 Å². The second kappa shape index (κ2) is 8.69. The minimum atomic E-state index is -0.259. The highest BCUT2D eigenvalue weighted by atomic mass is 16.5. The van der Waals surface area contributed by atoms with Crippen molar-refractivity contribution in [2.24, 2.45) is 0 Å². The first kappa shape index (κ1) is 19.5. The van der Waals surface area contributed by atoms with Crippen LogP contribution in [0.15, 0.2) is 71.1 Å². The molecule has 4 rings (SSSR count). The van der Waals surface area contributed by atoms with E-state index in [2.05, 4.69) is 10.3 Å². The molecular formula is C24H22N2O4. The fourth-order valence-corrected chi connectivity index (χ4v) is 3.08. The zero-order valence-corrected chi connectivity index (χ0v) is 16.8. The lowest BCUT2D eigenvalue weighted by atomic mass is 10.1. The Morgan fingerprint density at radius 1 is 1.07 bits per heavy atom. The standard InChI is InChI=1S/C24H22N2O4/c1-3-13-29-18-8-6-7-16(14-18)23(27)25-20-15-17(11-12-21(20)28-2)24-26-19-9-4-5-10-22(19)30-24/h4-12,14-15H,3,13H2,1-2H3,(H,25,27). The molecule has 0 bridgehead atoms. The van der Waals surface area contributed by atoms with Gasteiger partial charge < -0.3 is 19.2 Å². The largest absolute Gasteiger partial charge is 0.495 e. The first-order chi connectivity index (χ1) is 14.7. The Labute approximate surface area is 174 Å². The van der Waals surface area contributed by atoms with E-state index in [4.69, 9.17) is 13.9 Å². The zero-order valence-electron chi connectivity index (χ0n) is 16.8. The number of amides is 1. The average Bonchev–Trinajstić information content (AvgIpc) is 3.22. The number of anilines is 1. The third-order valence-electron chi connectivity index (χ3n) is 4.56. The molecule has 6 heteroatoms. The molecule has 1 heterocycles. The van der Waals surface area contributed by atoms with E-state index in [1.165, 1.54) is 0 Å². The normalized spacial score (nSPS) is 10.7. The van der Waals surface area contributed by atoms with Gasteiger partial charge in [0.15, 0.2) is 5.58 Å². The molecule has 0 aliphatic rings. The number of carbonyl (C=O) groups excluding carboxylic acids is 1. The van der Waals surface area contributed by atoms with Crippen LogP contribution in [0.25, 0.3) is 22.6 Å². The smallest absolute Gasteiger partial charge is 0.255 e. The maximum Gasteiger partial charge on any atom is 0.255 e. The molecule has 0 spiro atoms. The Balaban J connectivity index is 1.61. The fourth-order valence-electron chi connectivity index (χ4n) is 3.08. The van der Waals surface area contributed by atoms with Crippen molar-refractivity contribution in [2.45, 2.75) is 13.3 Å². The summed E-state index contributed by atoms with van der Waals surface area (Å²) in [6.07, 6.45) is 0.899. The summed E-state index contributed by atoms with van der Waals surface area (Å²) < 4.78 is 16.9. The van der Waals surface area contributed by atoms with Crippen molar-refractivity contribution in [1.82, 2.24) is 4.98 Å². The van der Waals surface area contributed by atoms with Crippen LogP contribution < -0.4 is 14.8 Å². The van der Waals surface area contributed by atoms with Gasteiger partial charge in [-0.15, -0.1) is 0 Å². The molecule has 30 heavy (non-hydrogen) atoms. The second-order valence-electron chi connectivity index (χ2n) is 6.73. The van der Waals surface area contributed by atoms with E-state index in [0.29, 0.717) is 40.8 Å². The van der Waals surface area contributed by atoms with Gasteiger partial charge in [0.05, 0.1) is 19.4 Å². The van der Waals surface area contributed by atoms with E-state index in [1.807, 2.05) is 43.3 Å². The summed E-state index contributed by atoms with van der Waals surface area (Å²) in [5.74, 6) is 1.42. The number of oxazole rings is 1. The molecule has 0 radical (unpaired) electrons. The maximum absolute atomic E-state index is 12.8. The average molecular weight is 402 g/mol. The van der Waals surface area contributed by atoms with Gasteiger partial charge in [-0.25, -0.2) is 4.98 Å². The van der Waals surface area contributed by atoms with Crippen LogP contribution in [0.3, 0.4) is 0 Å². The molecule has 1 aromatic heterocycles. The van der Waals surface area contributed by atoms with E-state index in [1.54, 1.807) is 37.4 Å². The van der Waals surface area contributed by atoms with Crippen molar-refractivity contribution in [2.75, 3.05) is 19.0 Å². The van der Waals surface area contributed by atoms with Crippen LogP contribution in [0.1, 0.15) is 23.7 Å². The van der Waals surface area contributed by atoms with Crippen molar-refractivity contribution in [3.63, 3.8) is 0 Å². The molecule has 1 amide bonds. The van der Waals surface area contributed by atoms with Crippen molar-refractivity contribution in [3.8, 4) is 23.0 Å². The summed E-state index contributed by atoms with van der Waals surface area (Å²) in [6.45, 7) is 2.64. The van der Waals surface area contributed by atoms with Crippen molar-refractivity contribution in [1.29, 1.82) is 0 Å². The molecule has 0 saturated carbocycles. The molecule has 1 N–H and O–H groups in total. The number of rotatable bonds is 7. The van der Waals surface area contributed by atoms with Gasteiger partial charge in [0.25, 0.3) is 5.91 Å². The Hall–Kier alpha value is -3.80. The third-order valence-corrected chi connectivity index (χ3v) is 4.56. The topological polar surface area (TPSA) is 73.6 Å². The van der Waals surface area contributed by atoms with Crippen LogP contribution in [0, 0.1) is 0 Å². The number of hydrogen-bond donors (Lipinski definition) is 1. The Morgan fingerprint density at radius 3 is 2.73 bits per heavy atom. The molecule has 0 fully saturated rings. The molecule has 4 aromatic rings. The molecule has 0 unspecified atom stereocenters. The minimum absolute atomic E-state index is 0.259. The summed E-state index contributed by atoms with van der Waals surface area (Å²) in [4.78, 5) is 17.4. The Kier molecular flexibility index (Phi) is 5.66. The number of nitrogens with zero attached hydrogens (tertiary/aromatic N) is 1. The van der Waals surface area contributed by atoms with Crippen molar-refractivity contribution < 1.29 is 18.7 Å². The maximum atomic E-state index is 12.8. The van der Waals surface area contributed by atoms with Crippen LogP contribution in [-0.2, 0) is 0 Å². The van der Waals surface area contributed by atoms with Gasteiger partial charge in [0.1, 0.15) is 17.0 Å². The number of aromatic nitrogens is 1. The SMILES string of the molecule is CCCOc1cccc(C(=O)Nc2cc(-c3nc4ccccc4o3)ccc2OC)c1. The van der Waals surface area contributed by atoms with Crippen LogP contribution >= 0.6 is 0 Å². The highest BCUT2D eigenvalue weighted by molar-refractivity contribution is 6.05. The van der Waals surface area contributed by atoms with Gasteiger partial charge in [0.2, 0.25) is 5.89 Å². The molecule has 0 saturated heterocycles. The molecular weight excluding hydrogens is 380 g/mol. The van der Waals surface area contributed by atoms with Gasteiger partial charge in [-0.05, 0) is 55.0 Å². The fraction of sp³-hybridized carbons (Fsp3) is 0.167. The number of para-hydroxylation sites is 2. The van der Waals surface area contributed by atoms with E-state index >= 15 is 0 Å². The first-order valence-corrected chi connectivity index (χ1v) is 9.76. The van der Waals surface area contributed by atoms with E-state index in [9.17, 15) is 4.79 Å². The highest BCUT2D eigenvalue weighted by Crippen LogP contribution is 2.32. The number of benzene rings is 3. The number of nitrogens with one attached hydrogen (secondary N) is 1. The van der Waals surface area contributed by atoms with E-state index in [0.717, 1.165) is 17.5 Å². The number of fused-ring (bicyclic) bond motifs is 1. The lowest BCUT2D eigenvalue weighted by molar-refractivity contribution is 0.102. The molecule has 0 atom stereocenters. The van der Waals surface area contributed by atoms with E-state index in [-0.39, 0.29) is 5.91 Å². The summed E-state index contributed by atoms with van der Waals surface area (Å²) in [5, 5.41) is 2.92. The summed E-state index contributed by atoms with van der Waals surface area (Å²) >= 11 is 0. The highest BCUT2D eigenvalue weighted by Gasteiger charge is 2.14.